The van der Waals surface area contributed by atoms with Gasteiger partial charge in [-0.1, -0.05) is 60.7 Å². The van der Waals surface area contributed by atoms with Crippen molar-refractivity contribution in [2.45, 2.75) is 25.4 Å². The number of esters is 1. The highest BCUT2D eigenvalue weighted by molar-refractivity contribution is 5.65. The lowest BCUT2D eigenvalue weighted by Crippen LogP contribution is -2.17. The predicted octanol–water partition coefficient (Wildman–Crippen LogP) is 5.28. The number of ether oxygens (including phenoxy) is 3. The molecule has 0 N–H and O–H groups in total. The monoisotopic (exact) mass is 388 g/mol. The molecule has 2 atom stereocenters. The third-order valence-corrected chi connectivity index (χ3v) is 5.13. The number of carbonyl (C=O) groups excluding carboxylic acids is 1. The molecule has 1 heterocycles. The van der Waals surface area contributed by atoms with Gasteiger partial charge in [0.1, 0.15) is 18.1 Å². The van der Waals surface area contributed by atoms with Gasteiger partial charge in [0.2, 0.25) is 0 Å². The van der Waals surface area contributed by atoms with Crippen LogP contribution in [0.25, 0.3) is 0 Å². The highest BCUT2D eigenvalue weighted by Crippen LogP contribution is 2.38. The van der Waals surface area contributed by atoms with Crippen LogP contribution in [0, 0.1) is 0 Å². The number of carbonyl (C=O) groups is 1. The van der Waals surface area contributed by atoms with E-state index in [2.05, 4.69) is 24.3 Å². The van der Waals surface area contributed by atoms with Crippen LogP contribution >= 0.6 is 0 Å². The summed E-state index contributed by atoms with van der Waals surface area (Å²) < 4.78 is 17.2. The number of benzene rings is 3. The highest BCUT2D eigenvalue weighted by Gasteiger charge is 2.23. The van der Waals surface area contributed by atoms with Crippen LogP contribution in [0.1, 0.15) is 42.1 Å². The molecule has 3 aromatic rings. The van der Waals surface area contributed by atoms with Crippen LogP contribution in [0.2, 0.25) is 0 Å². The summed E-state index contributed by atoms with van der Waals surface area (Å²) in [6.45, 7) is 2.30. The van der Waals surface area contributed by atoms with E-state index in [1.807, 2.05) is 54.6 Å². The maximum atomic E-state index is 11.3. The first-order valence-corrected chi connectivity index (χ1v) is 9.87. The molecule has 2 unspecified atom stereocenters. The van der Waals surface area contributed by atoms with Gasteiger partial charge in [-0.15, -0.1) is 0 Å². The van der Waals surface area contributed by atoms with E-state index in [1.165, 1.54) is 18.1 Å². The van der Waals surface area contributed by atoms with Crippen molar-refractivity contribution in [3.8, 4) is 11.5 Å². The summed E-state index contributed by atoms with van der Waals surface area (Å²) in [5, 5.41) is 0. The molecular formula is C25H24O4. The van der Waals surface area contributed by atoms with Crippen molar-refractivity contribution in [3.63, 3.8) is 0 Å². The molecule has 148 valence electrons. The van der Waals surface area contributed by atoms with Crippen molar-refractivity contribution in [1.29, 1.82) is 0 Å². The smallest absolute Gasteiger partial charge is 0.302 e. The van der Waals surface area contributed by atoms with Crippen LogP contribution in [-0.4, -0.2) is 19.2 Å². The van der Waals surface area contributed by atoms with Gasteiger partial charge in [-0.3, -0.25) is 4.79 Å². The first-order chi connectivity index (χ1) is 14.2. The fraction of sp³-hybridized carbons (Fsp3) is 0.240. The Balaban J connectivity index is 1.52. The molecule has 29 heavy (non-hydrogen) atoms. The lowest BCUT2D eigenvalue weighted by atomic mass is 9.87. The molecule has 0 spiro atoms. The van der Waals surface area contributed by atoms with Gasteiger partial charge in [-0.05, 0) is 35.7 Å². The standard InChI is InChI=1S/C25H24O4/c1-18(26)28-17-25(20-7-3-2-4-8-20)29-21-13-11-19(12-14-21)22-15-16-27-24-10-6-5-9-23(22)24/h2-14,22,25H,15-17H2,1H3. The Labute approximate surface area is 171 Å². The third kappa shape index (κ3) is 4.60. The van der Waals surface area contributed by atoms with Crippen molar-refractivity contribution in [3.05, 3.63) is 95.6 Å². The summed E-state index contributed by atoms with van der Waals surface area (Å²) >= 11 is 0. The molecule has 0 aromatic heterocycles. The van der Waals surface area contributed by atoms with E-state index in [0.29, 0.717) is 5.92 Å². The minimum absolute atomic E-state index is 0.175. The lowest BCUT2D eigenvalue weighted by molar-refractivity contribution is -0.143. The fourth-order valence-corrected chi connectivity index (χ4v) is 3.69. The lowest BCUT2D eigenvalue weighted by Gasteiger charge is -2.26. The van der Waals surface area contributed by atoms with Crippen LogP contribution in [0.4, 0.5) is 0 Å². The van der Waals surface area contributed by atoms with E-state index in [0.717, 1.165) is 30.1 Å². The summed E-state index contributed by atoms with van der Waals surface area (Å²) in [7, 11) is 0. The number of hydrogen-bond donors (Lipinski definition) is 0. The van der Waals surface area contributed by atoms with Gasteiger partial charge < -0.3 is 14.2 Å². The summed E-state index contributed by atoms with van der Waals surface area (Å²) in [5.74, 6) is 1.72. The van der Waals surface area contributed by atoms with Gasteiger partial charge in [-0.25, -0.2) is 0 Å². The number of rotatable bonds is 6. The molecule has 0 bridgehead atoms. The minimum atomic E-state index is -0.352. The van der Waals surface area contributed by atoms with Crippen LogP contribution in [0.5, 0.6) is 11.5 Å². The number of para-hydroxylation sites is 1. The van der Waals surface area contributed by atoms with Crippen molar-refractivity contribution < 1.29 is 19.0 Å². The average molecular weight is 388 g/mol. The van der Waals surface area contributed by atoms with E-state index in [1.54, 1.807) is 0 Å². The fourth-order valence-electron chi connectivity index (χ4n) is 3.69. The topological polar surface area (TPSA) is 44.8 Å². The second kappa shape index (κ2) is 8.82. The van der Waals surface area contributed by atoms with E-state index < -0.39 is 0 Å². The molecular weight excluding hydrogens is 364 g/mol. The molecule has 0 saturated heterocycles. The van der Waals surface area contributed by atoms with Gasteiger partial charge in [0.25, 0.3) is 0 Å². The summed E-state index contributed by atoms with van der Waals surface area (Å²) in [6.07, 6.45) is 0.603. The molecule has 0 fully saturated rings. The molecule has 1 aliphatic rings. The Bertz CT molecular complexity index is 950. The van der Waals surface area contributed by atoms with Crippen molar-refractivity contribution >= 4 is 5.97 Å². The molecule has 0 aliphatic carbocycles. The van der Waals surface area contributed by atoms with E-state index in [4.69, 9.17) is 14.2 Å². The Morgan fingerprint density at radius 2 is 1.72 bits per heavy atom. The number of hydrogen-bond acceptors (Lipinski definition) is 4. The van der Waals surface area contributed by atoms with E-state index in [9.17, 15) is 4.79 Å². The Morgan fingerprint density at radius 1 is 1.00 bits per heavy atom. The second-order valence-electron chi connectivity index (χ2n) is 7.12. The average Bonchev–Trinajstić information content (AvgIpc) is 2.77. The Morgan fingerprint density at radius 3 is 2.48 bits per heavy atom. The van der Waals surface area contributed by atoms with Gasteiger partial charge in [-0.2, -0.15) is 0 Å². The zero-order chi connectivity index (χ0) is 20.1. The second-order valence-corrected chi connectivity index (χ2v) is 7.12. The molecule has 1 aliphatic heterocycles. The molecule has 3 aromatic carbocycles. The van der Waals surface area contributed by atoms with Crippen LogP contribution in [0.15, 0.2) is 78.9 Å². The van der Waals surface area contributed by atoms with Crippen LogP contribution in [-0.2, 0) is 9.53 Å². The third-order valence-electron chi connectivity index (χ3n) is 5.13. The molecule has 0 saturated carbocycles. The van der Waals surface area contributed by atoms with E-state index in [-0.39, 0.29) is 18.7 Å². The van der Waals surface area contributed by atoms with Crippen LogP contribution in [0.3, 0.4) is 0 Å². The summed E-state index contributed by atoms with van der Waals surface area (Å²) in [5.41, 5.74) is 3.44. The molecule has 4 rings (SSSR count). The Kier molecular flexibility index (Phi) is 5.80. The SMILES string of the molecule is CC(=O)OCC(Oc1ccc(C2CCOc3ccccc32)cc1)c1ccccc1. The largest absolute Gasteiger partial charge is 0.493 e. The molecule has 4 heteroatoms. The zero-order valence-corrected chi connectivity index (χ0v) is 16.4. The minimum Gasteiger partial charge on any atom is -0.493 e. The molecule has 0 radical (unpaired) electrons. The Hall–Kier alpha value is -3.27. The van der Waals surface area contributed by atoms with Crippen molar-refractivity contribution in [2.75, 3.05) is 13.2 Å². The van der Waals surface area contributed by atoms with Crippen molar-refractivity contribution in [1.82, 2.24) is 0 Å². The highest BCUT2D eigenvalue weighted by atomic mass is 16.6. The molecule has 4 nitrogen and oxygen atoms in total. The maximum Gasteiger partial charge on any atom is 0.302 e. The van der Waals surface area contributed by atoms with Gasteiger partial charge in [0, 0.05) is 18.4 Å². The normalized spacial score (nSPS) is 16.2. The molecule has 0 amide bonds. The zero-order valence-electron chi connectivity index (χ0n) is 16.4. The summed E-state index contributed by atoms with van der Waals surface area (Å²) in [4.78, 5) is 11.3. The maximum absolute atomic E-state index is 11.3. The van der Waals surface area contributed by atoms with Gasteiger partial charge in [0.05, 0.1) is 6.61 Å². The first kappa shape index (κ1) is 19.1. The summed E-state index contributed by atoms with van der Waals surface area (Å²) in [6, 6.07) is 26.2. The van der Waals surface area contributed by atoms with Crippen molar-refractivity contribution in [2.24, 2.45) is 0 Å². The quantitative estimate of drug-likeness (QED) is 0.539. The van der Waals surface area contributed by atoms with Gasteiger partial charge in [0.15, 0.2) is 6.10 Å². The van der Waals surface area contributed by atoms with E-state index >= 15 is 0 Å². The predicted molar refractivity (Wildman–Crippen MR) is 111 cm³/mol. The first-order valence-electron chi connectivity index (χ1n) is 9.87. The number of fused-ring (bicyclic) bond motifs is 1. The van der Waals surface area contributed by atoms with Gasteiger partial charge >= 0.3 is 5.97 Å². The van der Waals surface area contributed by atoms with Crippen LogP contribution < -0.4 is 9.47 Å².